The number of nitrogens with zero attached hydrogens (tertiary/aromatic N) is 5. The molecule has 5 nitrogen and oxygen atoms in total. The van der Waals surface area contributed by atoms with Crippen LogP contribution in [-0.4, -0.2) is 26.8 Å². The number of alkyl halides is 3. The Bertz CT molecular complexity index is 1160. The lowest BCUT2D eigenvalue weighted by molar-refractivity contribution is -0.144. The molecule has 138 valence electrons. The number of aryl methyl sites for hydroxylation is 2. The van der Waals surface area contributed by atoms with Crippen molar-refractivity contribution < 1.29 is 13.2 Å². The van der Waals surface area contributed by atoms with Crippen LogP contribution in [-0.2, 0) is 13.2 Å². The third-order valence-electron chi connectivity index (χ3n) is 4.66. The van der Waals surface area contributed by atoms with Crippen molar-refractivity contribution in [2.75, 3.05) is 11.9 Å². The molecular weight excluding hydrogens is 355 g/mol. The number of hydrogen-bond acceptors (Lipinski definition) is 4. The lowest BCUT2D eigenvalue weighted by atomic mass is 10.1. The highest BCUT2D eigenvalue weighted by Crippen LogP contribution is 2.34. The van der Waals surface area contributed by atoms with Crippen molar-refractivity contribution in [1.29, 1.82) is 0 Å². The first-order chi connectivity index (χ1) is 12.8. The van der Waals surface area contributed by atoms with Crippen molar-refractivity contribution in [2.45, 2.75) is 13.1 Å². The third kappa shape index (κ3) is 2.87. The summed E-state index contributed by atoms with van der Waals surface area (Å²) in [5, 5.41) is 5.99. The van der Waals surface area contributed by atoms with E-state index >= 15 is 0 Å². The van der Waals surface area contributed by atoms with Gasteiger partial charge in [0.1, 0.15) is 5.82 Å². The normalized spacial score (nSPS) is 12.1. The van der Waals surface area contributed by atoms with Gasteiger partial charge in [0.05, 0.1) is 11.0 Å². The van der Waals surface area contributed by atoms with Gasteiger partial charge in [0.25, 0.3) is 0 Å². The first kappa shape index (κ1) is 17.3. The van der Waals surface area contributed by atoms with Crippen molar-refractivity contribution in [1.82, 2.24) is 19.7 Å². The zero-order valence-electron chi connectivity index (χ0n) is 14.9. The summed E-state index contributed by atoms with van der Waals surface area (Å²) < 4.78 is 41.6. The summed E-state index contributed by atoms with van der Waals surface area (Å²) in [6, 6.07) is 12.3. The van der Waals surface area contributed by atoms with Crippen LogP contribution in [0.4, 0.5) is 24.7 Å². The molecule has 0 unspecified atom stereocenters. The van der Waals surface area contributed by atoms with Gasteiger partial charge in [-0.1, -0.05) is 12.1 Å². The Hall–Kier alpha value is -3.16. The second kappa shape index (κ2) is 5.94. The van der Waals surface area contributed by atoms with Crippen molar-refractivity contribution in [2.24, 2.45) is 7.05 Å². The van der Waals surface area contributed by atoms with Gasteiger partial charge in [-0.2, -0.15) is 18.3 Å². The molecule has 0 saturated heterocycles. The van der Waals surface area contributed by atoms with E-state index in [1.807, 2.05) is 32.2 Å². The predicted molar refractivity (Wildman–Crippen MR) is 98.1 cm³/mol. The van der Waals surface area contributed by atoms with Gasteiger partial charge in [-0.05, 0) is 37.3 Å². The summed E-state index contributed by atoms with van der Waals surface area (Å²) in [7, 11) is 3.54. The minimum atomic E-state index is -4.62. The van der Waals surface area contributed by atoms with Crippen molar-refractivity contribution in [3.63, 3.8) is 0 Å². The second-order valence-corrected chi connectivity index (χ2v) is 6.36. The fourth-order valence-electron chi connectivity index (χ4n) is 3.09. The van der Waals surface area contributed by atoms with Crippen LogP contribution in [0.25, 0.3) is 21.8 Å². The van der Waals surface area contributed by atoms with Gasteiger partial charge in [0.2, 0.25) is 5.82 Å². The van der Waals surface area contributed by atoms with Gasteiger partial charge in [-0.15, -0.1) is 0 Å². The van der Waals surface area contributed by atoms with Crippen LogP contribution >= 0.6 is 0 Å². The first-order valence-corrected chi connectivity index (χ1v) is 8.27. The number of fused-ring (bicyclic) bond motifs is 2. The molecule has 2 aromatic heterocycles. The molecule has 8 heteroatoms. The van der Waals surface area contributed by atoms with Crippen LogP contribution in [0.2, 0.25) is 0 Å². The van der Waals surface area contributed by atoms with E-state index in [9.17, 15) is 13.2 Å². The second-order valence-electron chi connectivity index (χ2n) is 6.36. The van der Waals surface area contributed by atoms with Crippen molar-refractivity contribution in [3.05, 3.63) is 54.0 Å². The maximum Gasteiger partial charge on any atom is 0.451 e. The number of para-hydroxylation sites is 1. The number of benzene rings is 2. The minimum Gasteiger partial charge on any atom is -0.329 e. The molecule has 4 rings (SSSR count). The highest BCUT2D eigenvalue weighted by atomic mass is 19.4. The monoisotopic (exact) mass is 371 g/mol. The van der Waals surface area contributed by atoms with Gasteiger partial charge < -0.3 is 4.90 Å². The van der Waals surface area contributed by atoms with E-state index in [2.05, 4.69) is 15.1 Å². The van der Waals surface area contributed by atoms with Gasteiger partial charge in [0, 0.05) is 36.2 Å². The Morgan fingerprint density at radius 2 is 1.70 bits per heavy atom. The zero-order valence-corrected chi connectivity index (χ0v) is 14.9. The molecule has 0 bridgehead atoms. The van der Waals surface area contributed by atoms with E-state index < -0.39 is 12.0 Å². The smallest absolute Gasteiger partial charge is 0.329 e. The molecule has 0 aliphatic rings. The molecule has 0 aliphatic carbocycles. The summed E-state index contributed by atoms with van der Waals surface area (Å²) >= 11 is 0. The fraction of sp³-hybridized carbons (Fsp3) is 0.211. The minimum absolute atomic E-state index is 0.194. The molecule has 0 spiro atoms. The molecule has 0 N–H and O–H groups in total. The van der Waals surface area contributed by atoms with Crippen LogP contribution in [0.5, 0.6) is 0 Å². The van der Waals surface area contributed by atoms with Crippen LogP contribution in [0.3, 0.4) is 0 Å². The maximum atomic E-state index is 13.3. The molecule has 0 saturated carbocycles. The Labute approximate surface area is 153 Å². The molecule has 0 aliphatic heterocycles. The lowest BCUT2D eigenvalue weighted by Gasteiger charge is -2.21. The highest BCUT2D eigenvalue weighted by Gasteiger charge is 2.36. The van der Waals surface area contributed by atoms with Gasteiger partial charge in [-0.25, -0.2) is 9.97 Å². The standard InChI is InChI=1S/C19H16F3N5/c1-11-13-9-8-12(10-16(13)25-27(11)3)26(2)17-14-6-4-5-7-15(14)23-18(24-17)19(20,21)22/h4-10H,1-3H3. The van der Waals surface area contributed by atoms with E-state index in [-0.39, 0.29) is 11.3 Å². The molecule has 0 fully saturated rings. The molecule has 0 amide bonds. The highest BCUT2D eigenvalue weighted by molar-refractivity contribution is 5.93. The fourth-order valence-corrected chi connectivity index (χ4v) is 3.09. The number of anilines is 2. The zero-order chi connectivity index (χ0) is 19.3. The Morgan fingerprint density at radius 3 is 2.44 bits per heavy atom. The summed E-state index contributed by atoms with van der Waals surface area (Å²) in [6.45, 7) is 1.96. The van der Waals surface area contributed by atoms with Crippen LogP contribution in [0, 0.1) is 6.92 Å². The maximum absolute atomic E-state index is 13.3. The number of hydrogen-bond donors (Lipinski definition) is 0. The quantitative estimate of drug-likeness (QED) is 0.516. The van der Waals surface area contributed by atoms with E-state index in [4.69, 9.17) is 0 Å². The molecule has 4 aromatic rings. The third-order valence-corrected chi connectivity index (χ3v) is 4.66. The largest absolute Gasteiger partial charge is 0.451 e. The summed E-state index contributed by atoms with van der Waals surface area (Å²) in [6.07, 6.45) is -4.62. The molecule has 2 heterocycles. The van der Waals surface area contributed by atoms with Crippen molar-refractivity contribution >= 4 is 33.3 Å². The molecule has 2 aromatic carbocycles. The van der Waals surface area contributed by atoms with Crippen LogP contribution < -0.4 is 4.90 Å². The average Bonchev–Trinajstić information content (AvgIpc) is 2.93. The Balaban J connectivity index is 1.90. The van der Waals surface area contributed by atoms with Gasteiger partial charge >= 0.3 is 6.18 Å². The first-order valence-electron chi connectivity index (χ1n) is 8.27. The average molecular weight is 371 g/mol. The topological polar surface area (TPSA) is 46.8 Å². The summed E-state index contributed by atoms with van der Waals surface area (Å²) in [5.41, 5.74) is 2.73. The van der Waals surface area contributed by atoms with Crippen LogP contribution in [0.1, 0.15) is 11.5 Å². The SMILES string of the molecule is Cc1c2ccc(N(C)c3nc(C(F)(F)F)nc4ccccc34)cc2nn1C. The van der Waals surface area contributed by atoms with Crippen LogP contribution in [0.15, 0.2) is 42.5 Å². The van der Waals surface area contributed by atoms with Gasteiger partial charge in [0.15, 0.2) is 0 Å². The van der Waals surface area contributed by atoms with E-state index in [0.717, 1.165) is 16.6 Å². The summed E-state index contributed by atoms with van der Waals surface area (Å²) in [5.74, 6) is -0.960. The van der Waals surface area contributed by atoms with Crippen molar-refractivity contribution in [3.8, 4) is 0 Å². The molecular formula is C19H16F3N5. The van der Waals surface area contributed by atoms with E-state index in [1.54, 1.807) is 40.9 Å². The Kier molecular flexibility index (Phi) is 3.80. The van der Waals surface area contributed by atoms with E-state index in [1.165, 1.54) is 0 Å². The Morgan fingerprint density at radius 1 is 0.963 bits per heavy atom. The molecule has 27 heavy (non-hydrogen) atoms. The molecule has 0 atom stereocenters. The van der Waals surface area contributed by atoms with E-state index in [0.29, 0.717) is 11.1 Å². The van der Waals surface area contributed by atoms with Gasteiger partial charge in [-0.3, -0.25) is 4.68 Å². The molecule has 0 radical (unpaired) electrons. The number of halogens is 3. The number of aromatic nitrogens is 4. The number of rotatable bonds is 2. The lowest BCUT2D eigenvalue weighted by Crippen LogP contribution is -2.17. The predicted octanol–water partition coefficient (Wildman–Crippen LogP) is 4.61. The summed E-state index contributed by atoms with van der Waals surface area (Å²) in [4.78, 5) is 9.11.